The van der Waals surface area contributed by atoms with Crippen LogP contribution >= 0.6 is 11.3 Å². The van der Waals surface area contributed by atoms with Crippen LogP contribution in [-0.2, 0) is 25.6 Å². The number of rotatable bonds is 5. The Hall–Kier alpha value is -2.09. The lowest BCUT2D eigenvalue weighted by atomic mass is 9.92. The maximum atomic E-state index is 11.9. The SMILES string of the molecule is COC(=O)c1sc(N)c(C(=O)OC)c1COC(=O)CC(C)(C)C. The molecule has 1 aromatic rings. The largest absolute Gasteiger partial charge is 0.465 e. The molecule has 0 spiro atoms. The van der Waals surface area contributed by atoms with E-state index in [0.717, 1.165) is 11.3 Å². The van der Waals surface area contributed by atoms with Crippen molar-refractivity contribution in [1.82, 2.24) is 0 Å². The quantitative estimate of drug-likeness (QED) is 0.646. The highest BCUT2D eigenvalue weighted by molar-refractivity contribution is 7.18. The van der Waals surface area contributed by atoms with Crippen molar-refractivity contribution in [2.45, 2.75) is 33.8 Å². The van der Waals surface area contributed by atoms with Crippen molar-refractivity contribution >= 4 is 34.2 Å². The molecule has 1 rings (SSSR count). The molecule has 8 heteroatoms. The lowest BCUT2D eigenvalue weighted by Gasteiger charge is -2.16. The highest BCUT2D eigenvalue weighted by Crippen LogP contribution is 2.33. The van der Waals surface area contributed by atoms with E-state index in [2.05, 4.69) is 9.47 Å². The first kappa shape index (κ1) is 19.0. The number of carbonyl (C=O) groups is 3. The fourth-order valence-corrected chi connectivity index (χ4v) is 2.82. The first-order valence-corrected chi connectivity index (χ1v) is 7.65. The Morgan fingerprint density at radius 3 is 2.13 bits per heavy atom. The van der Waals surface area contributed by atoms with E-state index in [1.807, 2.05) is 20.8 Å². The summed E-state index contributed by atoms with van der Waals surface area (Å²) in [4.78, 5) is 35.7. The highest BCUT2D eigenvalue weighted by Gasteiger charge is 2.28. The van der Waals surface area contributed by atoms with Crippen LogP contribution in [0.1, 0.15) is 52.8 Å². The van der Waals surface area contributed by atoms with Crippen molar-refractivity contribution in [2.24, 2.45) is 5.41 Å². The lowest BCUT2D eigenvalue weighted by molar-refractivity contribution is -0.147. The van der Waals surface area contributed by atoms with E-state index in [-0.39, 0.29) is 39.4 Å². The van der Waals surface area contributed by atoms with E-state index in [0.29, 0.717) is 0 Å². The Bertz CT molecular complexity index is 614. The number of anilines is 1. The maximum Gasteiger partial charge on any atom is 0.348 e. The van der Waals surface area contributed by atoms with Crippen molar-refractivity contribution in [1.29, 1.82) is 0 Å². The average Bonchev–Trinajstić information content (AvgIpc) is 2.78. The molecular weight excluding hydrogens is 322 g/mol. The summed E-state index contributed by atoms with van der Waals surface area (Å²) >= 11 is 0.893. The monoisotopic (exact) mass is 343 g/mol. The summed E-state index contributed by atoms with van der Waals surface area (Å²) in [5, 5.41) is 0.110. The second kappa shape index (κ2) is 7.45. The topological polar surface area (TPSA) is 105 Å². The first-order chi connectivity index (χ1) is 10.6. The number of methoxy groups -OCH3 is 2. The summed E-state index contributed by atoms with van der Waals surface area (Å²) in [5.41, 5.74) is 5.79. The minimum atomic E-state index is -0.698. The molecule has 0 atom stereocenters. The predicted molar refractivity (Wildman–Crippen MR) is 85.3 cm³/mol. The first-order valence-electron chi connectivity index (χ1n) is 6.84. The summed E-state index contributed by atoms with van der Waals surface area (Å²) in [6.07, 6.45) is 0.202. The van der Waals surface area contributed by atoms with Gasteiger partial charge in [0.1, 0.15) is 22.0 Å². The van der Waals surface area contributed by atoms with Gasteiger partial charge in [0.2, 0.25) is 0 Å². The smallest absolute Gasteiger partial charge is 0.348 e. The molecule has 0 bridgehead atoms. The molecule has 0 aromatic carbocycles. The van der Waals surface area contributed by atoms with Gasteiger partial charge in [0.05, 0.1) is 20.6 Å². The molecule has 1 heterocycles. The molecule has 0 saturated heterocycles. The number of nitrogens with two attached hydrogens (primary N) is 1. The molecule has 0 amide bonds. The molecule has 2 N–H and O–H groups in total. The van der Waals surface area contributed by atoms with E-state index in [9.17, 15) is 14.4 Å². The van der Waals surface area contributed by atoms with Crippen molar-refractivity contribution in [2.75, 3.05) is 20.0 Å². The van der Waals surface area contributed by atoms with E-state index < -0.39 is 17.9 Å². The Kier molecular flexibility index (Phi) is 6.14. The highest BCUT2D eigenvalue weighted by atomic mass is 32.1. The van der Waals surface area contributed by atoms with Gasteiger partial charge in [-0.1, -0.05) is 20.8 Å². The summed E-state index contributed by atoms with van der Waals surface area (Å²) in [5.74, 6) is -1.79. The fraction of sp³-hybridized carbons (Fsp3) is 0.533. The molecular formula is C15H21NO6S. The van der Waals surface area contributed by atoms with Crippen LogP contribution in [0, 0.1) is 5.41 Å². The normalized spacial score (nSPS) is 11.0. The molecule has 0 aliphatic carbocycles. The molecule has 0 saturated carbocycles. The van der Waals surface area contributed by atoms with Crippen molar-refractivity contribution < 1.29 is 28.6 Å². The van der Waals surface area contributed by atoms with E-state index in [1.54, 1.807) is 0 Å². The molecule has 1 aromatic heterocycles. The molecule has 7 nitrogen and oxygen atoms in total. The van der Waals surface area contributed by atoms with Crippen LogP contribution in [0.3, 0.4) is 0 Å². The zero-order valence-electron chi connectivity index (χ0n) is 13.8. The number of thiophene rings is 1. The van der Waals surface area contributed by atoms with Crippen LogP contribution in [0.2, 0.25) is 0 Å². The van der Waals surface area contributed by atoms with E-state index in [1.165, 1.54) is 14.2 Å². The molecule has 0 aliphatic rings. The third-order valence-electron chi connectivity index (χ3n) is 2.85. The Morgan fingerprint density at radius 2 is 1.65 bits per heavy atom. The summed E-state index contributed by atoms with van der Waals surface area (Å²) < 4.78 is 14.5. The third kappa shape index (κ3) is 4.95. The number of hydrogen-bond acceptors (Lipinski definition) is 8. The van der Waals surface area contributed by atoms with Crippen LogP contribution in [0.15, 0.2) is 0 Å². The van der Waals surface area contributed by atoms with Crippen molar-refractivity contribution in [3.05, 3.63) is 16.0 Å². The maximum absolute atomic E-state index is 11.9. The minimum absolute atomic E-state index is 0.0291. The molecule has 0 unspecified atom stereocenters. The van der Waals surface area contributed by atoms with Gasteiger partial charge in [-0.15, -0.1) is 11.3 Å². The zero-order chi connectivity index (χ0) is 17.8. The number of ether oxygens (including phenoxy) is 3. The van der Waals surface area contributed by atoms with Gasteiger partial charge >= 0.3 is 17.9 Å². The van der Waals surface area contributed by atoms with Gasteiger partial charge in [0, 0.05) is 5.56 Å². The van der Waals surface area contributed by atoms with E-state index in [4.69, 9.17) is 10.5 Å². The van der Waals surface area contributed by atoms with Gasteiger partial charge in [-0.25, -0.2) is 9.59 Å². The van der Waals surface area contributed by atoms with Crippen molar-refractivity contribution in [3.63, 3.8) is 0 Å². The van der Waals surface area contributed by atoms with Crippen LogP contribution in [0.5, 0.6) is 0 Å². The number of nitrogen functional groups attached to an aromatic ring is 1. The van der Waals surface area contributed by atoms with Crippen LogP contribution in [0.4, 0.5) is 5.00 Å². The number of hydrogen-bond donors (Lipinski definition) is 1. The van der Waals surface area contributed by atoms with Gasteiger partial charge in [0.25, 0.3) is 0 Å². The molecule has 0 fully saturated rings. The van der Waals surface area contributed by atoms with Gasteiger partial charge in [-0.05, 0) is 5.41 Å². The summed E-state index contributed by atoms with van der Waals surface area (Å²) in [7, 11) is 2.41. The molecule has 0 aliphatic heterocycles. The van der Waals surface area contributed by atoms with Gasteiger partial charge in [-0.2, -0.15) is 0 Å². The van der Waals surface area contributed by atoms with Crippen LogP contribution in [-0.4, -0.2) is 32.1 Å². The Balaban J connectivity index is 3.09. The lowest BCUT2D eigenvalue weighted by Crippen LogP contribution is -2.17. The summed E-state index contributed by atoms with van der Waals surface area (Å²) in [6, 6.07) is 0. The minimum Gasteiger partial charge on any atom is -0.465 e. The second-order valence-corrected chi connectivity index (χ2v) is 7.08. The zero-order valence-corrected chi connectivity index (χ0v) is 14.7. The molecule has 0 radical (unpaired) electrons. The fourth-order valence-electron chi connectivity index (χ4n) is 1.84. The average molecular weight is 343 g/mol. The van der Waals surface area contributed by atoms with Gasteiger partial charge in [0.15, 0.2) is 0 Å². The van der Waals surface area contributed by atoms with Crippen LogP contribution < -0.4 is 5.73 Å². The standard InChI is InChI=1S/C15H21NO6S/c1-15(2,3)6-9(17)22-7-8-10(13(18)20-4)12(16)23-11(8)14(19)21-5/h6-7,16H2,1-5H3. The van der Waals surface area contributed by atoms with Crippen LogP contribution in [0.25, 0.3) is 0 Å². The van der Waals surface area contributed by atoms with Crippen molar-refractivity contribution in [3.8, 4) is 0 Å². The molecule has 23 heavy (non-hydrogen) atoms. The Labute approximate surface area is 138 Å². The third-order valence-corrected chi connectivity index (χ3v) is 3.89. The van der Waals surface area contributed by atoms with Gasteiger partial charge in [-0.3, -0.25) is 4.79 Å². The van der Waals surface area contributed by atoms with E-state index >= 15 is 0 Å². The van der Waals surface area contributed by atoms with Gasteiger partial charge < -0.3 is 19.9 Å². The second-order valence-electron chi connectivity index (χ2n) is 6.03. The number of esters is 3. The Morgan fingerprint density at radius 1 is 1.09 bits per heavy atom. The summed E-state index contributed by atoms with van der Waals surface area (Å²) in [6.45, 7) is 5.45. The number of carbonyl (C=O) groups excluding carboxylic acids is 3. The molecule has 128 valence electrons. The predicted octanol–water partition coefficient (Wildman–Crippen LogP) is 2.38.